The normalized spacial score (nSPS) is 22.7. The molecule has 1 aliphatic carbocycles. The van der Waals surface area contributed by atoms with E-state index in [4.69, 9.17) is 0 Å². The lowest BCUT2D eigenvalue weighted by Crippen LogP contribution is -2.53. The molecule has 2 aliphatic heterocycles. The molecule has 0 N–H and O–H groups in total. The predicted octanol–water partition coefficient (Wildman–Crippen LogP) is 10.5. The molecule has 2 radical (unpaired) electrons. The first-order chi connectivity index (χ1) is 26.1. The summed E-state index contributed by atoms with van der Waals surface area (Å²) in [7, 11) is 0. The first kappa shape index (κ1) is 40.8. The summed E-state index contributed by atoms with van der Waals surface area (Å²) in [6, 6.07) is 14.1. The van der Waals surface area contributed by atoms with E-state index in [1.54, 1.807) is 68.4 Å². The molecule has 16 heteroatoms. The second kappa shape index (κ2) is 12.3. The number of thiophene rings is 2. The van der Waals surface area contributed by atoms with Crippen LogP contribution in [0.2, 0.25) is 0 Å². The summed E-state index contributed by atoms with van der Waals surface area (Å²) in [4.78, 5) is 0.614. The van der Waals surface area contributed by atoms with Gasteiger partial charge in [-0.05, 0) is 122 Å². The molecule has 302 valence electrons. The molecule has 0 fully saturated rings. The fraction of sp³-hybridized carbons (Fsp3) is 0.415. The highest BCUT2D eigenvalue weighted by Gasteiger charge is 2.80. The van der Waals surface area contributed by atoms with Gasteiger partial charge in [0.15, 0.2) is 11.1 Å². The maximum Gasteiger partial charge on any atom is 0.380 e. The Hall–Kier alpha value is -4.38. The SMILES string of the molecule is Cc1cc(C2=C(c3cc(-c4cccc(C5=[N+]([O-])C(C)(C)C(C)(C)N5[O])c4)sc3-c3cccc(C4=[N+]([O-])C(C)(C)C(C)(C)N4[O])c3)C(F)(F)C(F)(F)C2(F)F)c(C)s1. The predicted molar refractivity (Wildman–Crippen MR) is 207 cm³/mol. The van der Waals surface area contributed by atoms with Crippen molar-refractivity contribution in [2.45, 2.75) is 109 Å². The summed E-state index contributed by atoms with van der Waals surface area (Å²) < 4.78 is 97.2. The summed E-state index contributed by atoms with van der Waals surface area (Å²) in [5, 5.41) is 55.5. The molecular weight excluding hydrogens is 791 g/mol. The Labute approximate surface area is 334 Å². The minimum Gasteiger partial charge on any atom is -0.714 e. The number of halogens is 6. The molecule has 3 aliphatic rings. The van der Waals surface area contributed by atoms with E-state index in [9.17, 15) is 20.8 Å². The van der Waals surface area contributed by atoms with E-state index in [0.717, 1.165) is 28.7 Å². The van der Waals surface area contributed by atoms with Gasteiger partial charge < -0.3 is 10.4 Å². The van der Waals surface area contributed by atoms with Crippen molar-refractivity contribution < 1.29 is 46.2 Å². The molecule has 0 spiro atoms. The molecule has 0 unspecified atom stereocenters. The van der Waals surface area contributed by atoms with E-state index in [1.807, 2.05) is 0 Å². The van der Waals surface area contributed by atoms with Crippen molar-refractivity contribution >= 4 is 45.5 Å². The third-order valence-corrected chi connectivity index (χ3v) is 14.8. The van der Waals surface area contributed by atoms with Crippen LogP contribution in [0.4, 0.5) is 26.3 Å². The van der Waals surface area contributed by atoms with Gasteiger partial charge in [-0.3, -0.25) is 9.48 Å². The number of benzene rings is 2. The van der Waals surface area contributed by atoms with Crippen molar-refractivity contribution in [2.75, 3.05) is 0 Å². The van der Waals surface area contributed by atoms with Crippen LogP contribution in [0.15, 0.2) is 60.7 Å². The highest BCUT2D eigenvalue weighted by molar-refractivity contribution is 7.19. The van der Waals surface area contributed by atoms with Gasteiger partial charge in [-0.2, -0.15) is 26.3 Å². The highest BCUT2D eigenvalue weighted by atomic mass is 32.1. The van der Waals surface area contributed by atoms with Crippen LogP contribution in [-0.4, -0.2) is 71.2 Å². The summed E-state index contributed by atoms with van der Waals surface area (Å²) in [5.74, 6) is -17.0. The van der Waals surface area contributed by atoms with E-state index < -0.39 is 62.2 Å². The minimum atomic E-state index is -5.83. The molecule has 4 heterocycles. The van der Waals surface area contributed by atoms with Crippen LogP contribution in [0.3, 0.4) is 0 Å². The van der Waals surface area contributed by atoms with Gasteiger partial charge in [0.1, 0.15) is 11.1 Å². The molecule has 57 heavy (non-hydrogen) atoms. The van der Waals surface area contributed by atoms with Crippen molar-refractivity contribution in [3.63, 3.8) is 0 Å². The number of hydroxylamine groups is 6. The Morgan fingerprint density at radius 1 is 0.579 bits per heavy atom. The zero-order valence-electron chi connectivity index (χ0n) is 32.8. The molecule has 2 aromatic carbocycles. The van der Waals surface area contributed by atoms with E-state index in [1.165, 1.54) is 55.5 Å². The Bertz CT molecular complexity index is 2460. The standard InChI is InChI=1S/C41H40F6N4O4S2/c1-21-17-27(22(2)56-21)30-31(40(44,45)41(46,47)39(30,42)43)28-20-29(23-13-11-15-25(18-23)33-48(52)35(3,4)36(5,6)49(33)53)57-32(28)24-14-12-16-26(19-24)34-50(54)37(7,8)38(9,10)51(34)55/h11-20H,1-10H3. The van der Waals surface area contributed by atoms with Gasteiger partial charge in [0.2, 0.25) is 0 Å². The lowest BCUT2D eigenvalue weighted by Gasteiger charge is -2.32. The van der Waals surface area contributed by atoms with E-state index in [2.05, 4.69) is 0 Å². The van der Waals surface area contributed by atoms with Crippen LogP contribution in [0.1, 0.15) is 87.4 Å². The first-order valence-electron chi connectivity index (χ1n) is 18.0. The number of alkyl halides is 6. The van der Waals surface area contributed by atoms with Crippen LogP contribution >= 0.6 is 22.7 Å². The Morgan fingerprint density at radius 2 is 1.00 bits per heavy atom. The smallest absolute Gasteiger partial charge is 0.380 e. The van der Waals surface area contributed by atoms with Gasteiger partial charge in [0.25, 0.3) is 0 Å². The van der Waals surface area contributed by atoms with Gasteiger partial charge in [-0.1, -0.05) is 34.4 Å². The Morgan fingerprint density at radius 3 is 1.42 bits per heavy atom. The summed E-state index contributed by atoms with van der Waals surface area (Å²) in [5.41, 5.74) is -8.26. The number of nitrogens with zero attached hydrogens (tertiary/aromatic N) is 4. The monoisotopic (exact) mass is 830 g/mol. The highest BCUT2D eigenvalue weighted by Crippen LogP contribution is 2.66. The number of allylic oxidation sites excluding steroid dienone is 2. The quantitative estimate of drug-likeness (QED) is 0.110. The fourth-order valence-corrected chi connectivity index (χ4v) is 9.63. The maximum absolute atomic E-state index is 16.4. The van der Waals surface area contributed by atoms with Gasteiger partial charge in [-0.15, -0.1) is 22.7 Å². The van der Waals surface area contributed by atoms with Crippen molar-refractivity contribution in [3.8, 4) is 20.9 Å². The number of aryl methyl sites for hydroxylation is 2. The minimum absolute atomic E-state index is 0.0799. The van der Waals surface area contributed by atoms with E-state index in [0.29, 0.717) is 24.5 Å². The molecule has 7 rings (SSSR count). The topological polar surface area (TPSA) is 98.4 Å². The van der Waals surface area contributed by atoms with Crippen molar-refractivity contribution in [3.05, 3.63) is 103 Å². The average Bonchev–Trinajstić information content (AvgIpc) is 3.79. The summed E-state index contributed by atoms with van der Waals surface area (Å²) in [6.07, 6.45) is 0. The fourth-order valence-electron chi connectivity index (χ4n) is 7.54. The molecule has 0 atom stereocenters. The Balaban J connectivity index is 1.52. The van der Waals surface area contributed by atoms with Crippen molar-refractivity contribution in [1.29, 1.82) is 0 Å². The van der Waals surface area contributed by atoms with Gasteiger partial charge in [0, 0.05) is 46.6 Å². The lowest BCUT2D eigenvalue weighted by molar-refractivity contribution is -0.539. The van der Waals surface area contributed by atoms with Gasteiger partial charge in [-0.25, -0.2) is 0 Å². The molecule has 0 saturated heterocycles. The van der Waals surface area contributed by atoms with E-state index in [-0.39, 0.29) is 48.6 Å². The zero-order chi connectivity index (χ0) is 42.4. The average molecular weight is 831 g/mol. The number of rotatable bonds is 6. The number of amidine groups is 2. The second-order valence-corrected chi connectivity index (χ2v) is 19.4. The Kier molecular flexibility index (Phi) is 8.82. The third-order valence-electron chi connectivity index (χ3n) is 12.6. The number of hydrogen-bond acceptors (Lipinski definition) is 6. The zero-order valence-corrected chi connectivity index (χ0v) is 34.4. The molecular formula is C41H40F6N4O4S2. The first-order valence-corrected chi connectivity index (χ1v) is 19.6. The summed E-state index contributed by atoms with van der Waals surface area (Å²) in [6.45, 7) is 15.8. The number of hydrogen-bond donors (Lipinski definition) is 0. The molecule has 0 amide bonds. The summed E-state index contributed by atoms with van der Waals surface area (Å²) >= 11 is 1.82. The molecule has 8 nitrogen and oxygen atoms in total. The molecule has 0 bridgehead atoms. The van der Waals surface area contributed by atoms with Crippen molar-refractivity contribution in [2.24, 2.45) is 0 Å². The third kappa shape index (κ3) is 5.25. The maximum atomic E-state index is 16.4. The van der Waals surface area contributed by atoms with Crippen LogP contribution in [0, 0.1) is 24.3 Å². The van der Waals surface area contributed by atoms with E-state index >= 15 is 26.3 Å². The van der Waals surface area contributed by atoms with Gasteiger partial charge >= 0.3 is 29.4 Å². The van der Waals surface area contributed by atoms with Crippen LogP contribution in [0.5, 0.6) is 0 Å². The molecule has 4 aromatic rings. The second-order valence-electron chi connectivity index (χ2n) is 16.9. The van der Waals surface area contributed by atoms with Crippen LogP contribution in [-0.2, 0) is 10.4 Å². The largest absolute Gasteiger partial charge is 0.714 e. The van der Waals surface area contributed by atoms with Crippen LogP contribution < -0.4 is 0 Å². The lowest BCUT2D eigenvalue weighted by atomic mass is 9.84. The molecule has 0 saturated carbocycles. The van der Waals surface area contributed by atoms with Crippen molar-refractivity contribution in [1.82, 2.24) is 10.1 Å². The van der Waals surface area contributed by atoms with Gasteiger partial charge in [0.05, 0.1) is 11.1 Å². The molecule has 2 aromatic heterocycles. The van der Waals surface area contributed by atoms with Crippen LogP contribution in [0.25, 0.3) is 32.0 Å².